The van der Waals surface area contributed by atoms with E-state index in [1.807, 2.05) is 13.8 Å². The molecule has 2 saturated carbocycles. The van der Waals surface area contributed by atoms with Gasteiger partial charge in [0.1, 0.15) is 23.4 Å². The third-order valence-electron chi connectivity index (χ3n) is 7.59. The van der Waals surface area contributed by atoms with Crippen LogP contribution in [0, 0.1) is 5.92 Å². The molecule has 0 radical (unpaired) electrons. The molecular formula is C25H42FN3O6S2. The summed E-state index contributed by atoms with van der Waals surface area (Å²) in [5.41, 5.74) is 0.356. The number of amides is 2. The zero-order valence-electron chi connectivity index (χ0n) is 22.5. The normalized spacial score (nSPS) is 31.5. The van der Waals surface area contributed by atoms with E-state index in [4.69, 9.17) is 18.9 Å². The van der Waals surface area contributed by atoms with E-state index in [-0.39, 0.29) is 53.3 Å². The summed E-state index contributed by atoms with van der Waals surface area (Å²) in [7, 11) is 2.44. The Morgan fingerprint density at radius 1 is 1.14 bits per heavy atom. The predicted molar refractivity (Wildman–Crippen MR) is 144 cm³/mol. The zero-order valence-corrected chi connectivity index (χ0v) is 24.1. The van der Waals surface area contributed by atoms with Gasteiger partial charge in [-0.3, -0.25) is 4.79 Å². The molecule has 2 amide bonds. The Bertz CT molecular complexity index is 801. The van der Waals surface area contributed by atoms with Crippen molar-refractivity contribution in [1.82, 2.24) is 15.4 Å². The largest absolute Gasteiger partial charge is 0.443 e. The van der Waals surface area contributed by atoms with Gasteiger partial charge in [-0.2, -0.15) is 3.89 Å². The molecule has 0 aromatic heterocycles. The fourth-order valence-corrected chi connectivity index (χ4v) is 6.25. The lowest BCUT2D eigenvalue weighted by molar-refractivity contribution is -0.172. The molecule has 0 bridgehead atoms. The predicted octanol–water partition coefficient (Wildman–Crippen LogP) is 4.23. The first-order valence-electron chi connectivity index (χ1n) is 13.0. The Kier molecular flexibility index (Phi) is 11.4. The fourth-order valence-electron chi connectivity index (χ4n) is 5.71. The van der Waals surface area contributed by atoms with Gasteiger partial charge in [0.05, 0.1) is 31.0 Å². The van der Waals surface area contributed by atoms with E-state index in [2.05, 4.69) is 35.3 Å². The van der Waals surface area contributed by atoms with Crippen LogP contribution in [0.3, 0.4) is 0 Å². The van der Waals surface area contributed by atoms with Crippen molar-refractivity contribution in [3.63, 3.8) is 0 Å². The minimum Gasteiger partial charge on any atom is -0.443 e. The smallest absolute Gasteiger partial charge is 0.407 e. The summed E-state index contributed by atoms with van der Waals surface area (Å²) in [6, 6.07) is 0.0336. The summed E-state index contributed by atoms with van der Waals surface area (Å²) < 4.78 is 38.8. The number of epoxide rings is 1. The molecule has 3 aliphatic rings. The third-order valence-corrected chi connectivity index (χ3v) is 8.46. The van der Waals surface area contributed by atoms with Gasteiger partial charge in [0.2, 0.25) is 5.91 Å². The Balaban J connectivity index is 1.50. The van der Waals surface area contributed by atoms with Gasteiger partial charge in [-0.1, -0.05) is 11.6 Å². The molecule has 4 atom stereocenters. The average Bonchev–Trinajstić information content (AvgIpc) is 3.60. The average molecular weight is 564 g/mol. The first-order valence-corrected chi connectivity index (χ1v) is 15.0. The van der Waals surface area contributed by atoms with Crippen LogP contribution in [0.25, 0.3) is 0 Å². The SMILES string of the molecule is COC1C(OC(=O)NC2CCC(NC(=O)CNSSF)CC2)CCC2(CO2)C1C(C)(C)OCC=C(C)C. The molecule has 212 valence electrons. The summed E-state index contributed by atoms with van der Waals surface area (Å²) >= 11 is 0.0685. The molecule has 2 aliphatic carbocycles. The van der Waals surface area contributed by atoms with E-state index in [9.17, 15) is 13.5 Å². The number of nitrogens with one attached hydrogen (secondary N) is 3. The van der Waals surface area contributed by atoms with Gasteiger partial charge >= 0.3 is 6.09 Å². The molecule has 12 heteroatoms. The highest BCUT2D eigenvalue weighted by Gasteiger charge is 2.64. The van der Waals surface area contributed by atoms with Crippen LogP contribution in [0.15, 0.2) is 11.6 Å². The number of ether oxygens (including phenoxy) is 4. The summed E-state index contributed by atoms with van der Waals surface area (Å²) in [5.74, 6) is -0.252. The van der Waals surface area contributed by atoms with Gasteiger partial charge in [0.25, 0.3) is 0 Å². The molecule has 37 heavy (non-hydrogen) atoms. The molecule has 3 N–H and O–H groups in total. The van der Waals surface area contributed by atoms with E-state index >= 15 is 0 Å². The molecule has 1 heterocycles. The van der Waals surface area contributed by atoms with Crippen LogP contribution in [0.1, 0.15) is 66.2 Å². The molecular weight excluding hydrogens is 521 g/mol. The first-order chi connectivity index (χ1) is 17.6. The molecule has 9 nitrogen and oxygen atoms in total. The number of rotatable bonds is 12. The lowest BCUT2D eigenvalue weighted by Crippen LogP contribution is -2.59. The van der Waals surface area contributed by atoms with Crippen molar-refractivity contribution < 1.29 is 32.4 Å². The van der Waals surface area contributed by atoms with Crippen molar-refractivity contribution >= 4 is 34.2 Å². The maximum atomic E-state index is 12.9. The van der Waals surface area contributed by atoms with Crippen molar-refractivity contribution in [2.75, 3.05) is 26.9 Å². The Morgan fingerprint density at radius 3 is 2.35 bits per heavy atom. The standard InChI is InChI=1S/C25H42FN3O6S2/c1-16(2)11-13-33-24(3,4)22-21(32-5)19(10-12-25(22)15-34-25)35-23(31)29-18-8-6-17(7-9-18)28-20(30)14-27-37-36-26/h11,17-19,21-22,27H,6-10,12-15H2,1-5H3,(H,28,30)(H,29,31). The van der Waals surface area contributed by atoms with Crippen molar-refractivity contribution in [1.29, 1.82) is 0 Å². The highest BCUT2D eigenvalue weighted by molar-refractivity contribution is 8.74. The second-order valence-corrected chi connectivity index (χ2v) is 12.4. The van der Waals surface area contributed by atoms with Crippen LogP contribution in [0.2, 0.25) is 0 Å². The highest BCUT2D eigenvalue weighted by Crippen LogP contribution is 2.52. The second-order valence-electron chi connectivity index (χ2n) is 10.9. The van der Waals surface area contributed by atoms with Crippen LogP contribution < -0.4 is 15.4 Å². The monoisotopic (exact) mass is 563 g/mol. The van der Waals surface area contributed by atoms with E-state index in [1.165, 1.54) is 5.57 Å². The number of alkyl carbamates (subject to hydrolysis) is 1. The first kappa shape index (κ1) is 30.5. The summed E-state index contributed by atoms with van der Waals surface area (Å²) in [5, 5.41) is 5.95. The van der Waals surface area contributed by atoms with Crippen LogP contribution >= 0.6 is 22.2 Å². The molecule has 4 unspecified atom stereocenters. The van der Waals surface area contributed by atoms with E-state index in [1.54, 1.807) is 7.11 Å². The number of methoxy groups -OCH3 is 1. The molecule has 1 spiro atoms. The molecule has 3 fully saturated rings. The van der Waals surface area contributed by atoms with E-state index < -0.39 is 17.8 Å². The Labute approximate surface area is 227 Å². The topological polar surface area (TPSA) is 110 Å². The van der Waals surface area contributed by atoms with Crippen molar-refractivity contribution in [2.24, 2.45) is 5.92 Å². The van der Waals surface area contributed by atoms with Gasteiger partial charge in [-0.05, 0) is 66.2 Å². The number of halogens is 1. The number of carbonyl (C=O) groups excluding carboxylic acids is 2. The highest BCUT2D eigenvalue weighted by atomic mass is 33.1. The molecule has 0 aromatic carbocycles. The summed E-state index contributed by atoms with van der Waals surface area (Å²) in [6.07, 6.45) is 5.30. The van der Waals surface area contributed by atoms with Gasteiger partial charge in [-0.25, -0.2) is 9.52 Å². The minimum absolute atomic E-state index is 0.0143. The van der Waals surface area contributed by atoms with E-state index in [0.717, 1.165) is 43.1 Å². The number of hydrogen-bond acceptors (Lipinski definition) is 9. The Morgan fingerprint density at radius 2 is 1.78 bits per heavy atom. The van der Waals surface area contributed by atoms with Gasteiger partial charge in [0, 0.05) is 36.1 Å². The molecule has 3 rings (SSSR count). The zero-order chi connectivity index (χ0) is 27.1. The Hall–Kier alpha value is -1.05. The number of allylic oxidation sites excluding steroid dienone is 1. The maximum Gasteiger partial charge on any atom is 0.407 e. The molecule has 1 saturated heterocycles. The third kappa shape index (κ3) is 8.72. The van der Waals surface area contributed by atoms with E-state index in [0.29, 0.717) is 19.6 Å². The van der Waals surface area contributed by atoms with Gasteiger partial charge < -0.3 is 29.6 Å². The quantitative estimate of drug-likeness (QED) is 0.106. The van der Waals surface area contributed by atoms with Gasteiger partial charge in [0.15, 0.2) is 0 Å². The number of hydrogen-bond donors (Lipinski definition) is 3. The minimum atomic E-state index is -0.538. The molecule has 1 aliphatic heterocycles. The van der Waals surface area contributed by atoms with Gasteiger partial charge in [-0.15, -0.1) is 0 Å². The maximum absolute atomic E-state index is 12.9. The lowest BCUT2D eigenvalue weighted by Gasteiger charge is -2.47. The van der Waals surface area contributed by atoms with Crippen LogP contribution in [0.5, 0.6) is 0 Å². The molecule has 0 aromatic rings. The van der Waals surface area contributed by atoms with Crippen molar-refractivity contribution in [3.05, 3.63) is 11.6 Å². The van der Waals surface area contributed by atoms with Crippen LogP contribution in [0.4, 0.5) is 8.68 Å². The van der Waals surface area contributed by atoms with Crippen molar-refractivity contribution in [2.45, 2.75) is 102 Å². The lowest BCUT2D eigenvalue weighted by atomic mass is 9.68. The van der Waals surface area contributed by atoms with Crippen LogP contribution in [-0.4, -0.2) is 74.4 Å². The van der Waals surface area contributed by atoms with Crippen molar-refractivity contribution in [3.8, 4) is 0 Å². The van der Waals surface area contributed by atoms with Crippen LogP contribution in [-0.2, 0) is 23.7 Å². The summed E-state index contributed by atoms with van der Waals surface area (Å²) in [6.45, 7) is 9.41. The number of carbonyl (C=O) groups is 2. The fraction of sp³-hybridized carbons (Fsp3) is 0.840. The summed E-state index contributed by atoms with van der Waals surface area (Å²) in [4.78, 5) is 24.8. The second kappa shape index (κ2) is 13.8.